The Bertz CT molecular complexity index is 1050. The first-order chi connectivity index (χ1) is 12.4. The predicted molar refractivity (Wildman–Crippen MR) is 99.0 cm³/mol. The molecule has 0 saturated heterocycles. The van der Waals surface area contributed by atoms with E-state index in [1.165, 1.54) is 7.11 Å². The van der Waals surface area contributed by atoms with Crippen molar-refractivity contribution in [3.05, 3.63) is 40.7 Å². The minimum Gasteiger partial charge on any atom is -0.503 e. The Kier molecular flexibility index (Phi) is 4.45. The van der Waals surface area contributed by atoms with Crippen molar-refractivity contribution in [3.8, 4) is 40.0 Å². The maximum Gasteiger partial charge on any atom is 0.176 e. The Hall–Kier alpha value is -3.24. The second-order valence-corrected chi connectivity index (χ2v) is 6.15. The zero-order chi connectivity index (χ0) is 19.0. The Morgan fingerprint density at radius 1 is 1.35 bits per heavy atom. The molecule has 8 heteroatoms. The van der Waals surface area contributed by atoms with E-state index in [0.29, 0.717) is 16.8 Å². The zero-order valence-electron chi connectivity index (χ0n) is 14.4. The Balaban J connectivity index is 2.35. The summed E-state index contributed by atoms with van der Waals surface area (Å²) in [6.07, 6.45) is 3.49. The number of nitrogens with zero attached hydrogens (tertiary/aromatic N) is 4. The van der Waals surface area contributed by atoms with Gasteiger partial charge < -0.3 is 15.6 Å². The molecule has 7 nitrogen and oxygen atoms in total. The summed E-state index contributed by atoms with van der Waals surface area (Å²) in [4.78, 5) is 4.38. The van der Waals surface area contributed by atoms with Gasteiger partial charge in [-0.3, -0.25) is 4.68 Å². The van der Waals surface area contributed by atoms with E-state index in [0.717, 1.165) is 11.1 Å². The molecule has 0 aliphatic heterocycles. The predicted octanol–water partition coefficient (Wildman–Crippen LogP) is 3.28. The fraction of sp³-hybridized carbons (Fsp3) is 0.167. The lowest BCUT2D eigenvalue weighted by molar-refractivity contribution is 0.374. The van der Waals surface area contributed by atoms with Gasteiger partial charge in [0, 0.05) is 24.4 Å². The van der Waals surface area contributed by atoms with Gasteiger partial charge in [0.25, 0.3) is 0 Å². The zero-order valence-corrected chi connectivity index (χ0v) is 15.2. The number of nitrogen functional groups attached to an aromatic ring is 1. The van der Waals surface area contributed by atoms with Crippen molar-refractivity contribution in [2.24, 2.45) is 7.05 Å². The van der Waals surface area contributed by atoms with Crippen molar-refractivity contribution in [2.45, 2.75) is 6.92 Å². The number of rotatable bonds is 3. The Labute approximate surface area is 155 Å². The second kappa shape index (κ2) is 6.58. The van der Waals surface area contributed by atoms with Crippen molar-refractivity contribution in [1.29, 1.82) is 5.26 Å². The number of aromatic nitrogens is 3. The van der Waals surface area contributed by atoms with E-state index in [-0.39, 0.29) is 27.9 Å². The summed E-state index contributed by atoms with van der Waals surface area (Å²) in [7, 11) is 3.23. The van der Waals surface area contributed by atoms with Gasteiger partial charge in [0.05, 0.1) is 24.0 Å². The highest BCUT2D eigenvalue weighted by Crippen LogP contribution is 2.42. The molecule has 3 rings (SSSR count). The third kappa shape index (κ3) is 2.80. The third-order valence-electron chi connectivity index (χ3n) is 4.10. The lowest BCUT2D eigenvalue weighted by Crippen LogP contribution is -2.03. The number of ether oxygens (including phenoxy) is 1. The standard InChI is InChI=1S/C18H16ClN5O2/c1-9-15(10-4-13(19)17(25)14(5-10)26-3)12(6-20)18(21)23-16(9)11-7-22-24(2)8-11/h4-5,7-8,25H,1-3H3,(H2,21,23). The van der Waals surface area contributed by atoms with E-state index >= 15 is 0 Å². The van der Waals surface area contributed by atoms with Crippen LogP contribution in [0.25, 0.3) is 22.4 Å². The monoisotopic (exact) mass is 369 g/mol. The van der Waals surface area contributed by atoms with E-state index in [1.807, 2.05) is 13.1 Å². The number of phenols is 1. The van der Waals surface area contributed by atoms with Gasteiger partial charge in [-0.1, -0.05) is 11.6 Å². The van der Waals surface area contributed by atoms with Crippen molar-refractivity contribution >= 4 is 17.4 Å². The Morgan fingerprint density at radius 2 is 2.08 bits per heavy atom. The normalized spacial score (nSPS) is 10.6. The van der Waals surface area contributed by atoms with Crippen LogP contribution in [0.1, 0.15) is 11.1 Å². The molecule has 3 aromatic rings. The molecular weight excluding hydrogens is 354 g/mol. The molecule has 0 bridgehead atoms. The van der Waals surface area contributed by atoms with E-state index in [2.05, 4.69) is 16.2 Å². The lowest BCUT2D eigenvalue weighted by atomic mass is 9.93. The average Bonchev–Trinajstić information content (AvgIpc) is 3.04. The number of nitriles is 1. The topological polar surface area (TPSA) is 110 Å². The summed E-state index contributed by atoms with van der Waals surface area (Å²) in [5.41, 5.74) is 9.60. The lowest BCUT2D eigenvalue weighted by Gasteiger charge is -2.16. The molecule has 3 N–H and O–H groups in total. The van der Waals surface area contributed by atoms with Crippen LogP contribution in [0, 0.1) is 18.3 Å². The molecule has 0 spiro atoms. The number of methoxy groups -OCH3 is 1. The summed E-state index contributed by atoms with van der Waals surface area (Å²) < 4.78 is 6.83. The first-order valence-corrected chi connectivity index (χ1v) is 8.01. The quantitative estimate of drug-likeness (QED) is 0.733. The van der Waals surface area contributed by atoms with Crippen LogP contribution in [0.5, 0.6) is 11.5 Å². The van der Waals surface area contributed by atoms with Crippen LogP contribution in [0.2, 0.25) is 5.02 Å². The van der Waals surface area contributed by atoms with E-state index in [4.69, 9.17) is 22.1 Å². The van der Waals surface area contributed by atoms with Crippen molar-refractivity contribution < 1.29 is 9.84 Å². The minimum absolute atomic E-state index is 0.107. The first kappa shape index (κ1) is 17.6. The molecule has 0 saturated carbocycles. The molecule has 2 heterocycles. The summed E-state index contributed by atoms with van der Waals surface area (Å²) in [6.45, 7) is 1.85. The molecule has 0 radical (unpaired) electrons. The number of pyridine rings is 1. The number of hydrogen-bond donors (Lipinski definition) is 2. The van der Waals surface area contributed by atoms with Crippen LogP contribution in [0.15, 0.2) is 24.5 Å². The van der Waals surface area contributed by atoms with Crippen molar-refractivity contribution in [1.82, 2.24) is 14.8 Å². The fourth-order valence-corrected chi connectivity index (χ4v) is 3.08. The van der Waals surface area contributed by atoms with Crippen LogP contribution in [0.3, 0.4) is 0 Å². The minimum atomic E-state index is -0.163. The molecular formula is C18H16ClN5O2. The highest BCUT2D eigenvalue weighted by molar-refractivity contribution is 6.32. The van der Waals surface area contributed by atoms with Gasteiger partial charge in [-0.2, -0.15) is 10.4 Å². The van der Waals surface area contributed by atoms with Gasteiger partial charge in [-0.25, -0.2) is 4.98 Å². The molecule has 0 fully saturated rings. The maximum absolute atomic E-state index is 9.98. The smallest absolute Gasteiger partial charge is 0.176 e. The highest BCUT2D eigenvalue weighted by atomic mass is 35.5. The maximum atomic E-state index is 9.98. The number of aromatic hydroxyl groups is 1. The molecule has 0 atom stereocenters. The van der Waals surface area contributed by atoms with Gasteiger partial charge in [-0.15, -0.1) is 0 Å². The molecule has 1 aromatic carbocycles. The van der Waals surface area contributed by atoms with Crippen molar-refractivity contribution in [2.75, 3.05) is 12.8 Å². The fourth-order valence-electron chi connectivity index (χ4n) is 2.87. The van der Waals surface area contributed by atoms with Gasteiger partial charge in [0.2, 0.25) is 0 Å². The number of benzene rings is 1. The van der Waals surface area contributed by atoms with E-state index in [9.17, 15) is 10.4 Å². The summed E-state index contributed by atoms with van der Waals surface area (Å²) in [5, 5.41) is 23.9. The molecule has 26 heavy (non-hydrogen) atoms. The van der Waals surface area contributed by atoms with Gasteiger partial charge in [0.15, 0.2) is 11.5 Å². The van der Waals surface area contributed by atoms with E-state index in [1.54, 1.807) is 30.1 Å². The summed E-state index contributed by atoms with van der Waals surface area (Å²) in [6, 6.07) is 5.28. The van der Waals surface area contributed by atoms with Crippen LogP contribution in [0.4, 0.5) is 5.82 Å². The highest BCUT2D eigenvalue weighted by Gasteiger charge is 2.21. The van der Waals surface area contributed by atoms with Gasteiger partial charge in [0.1, 0.15) is 17.5 Å². The summed E-state index contributed by atoms with van der Waals surface area (Å²) >= 11 is 6.12. The first-order valence-electron chi connectivity index (χ1n) is 7.63. The second-order valence-electron chi connectivity index (χ2n) is 5.74. The number of aryl methyl sites for hydroxylation is 1. The molecule has 0 amide bonds. The Morgan fingerprint density at radius 3 is 2.65 bits per heavy atom. The number of halogens is 1. The third-order valence-corrected chi connectivity index (χ3v) is 4.38. The molecule has 0 unspecified atom stereocenters. The number of phenolic OH excluding ortho intramolecular Hbond substituents is 1. The SMILES string of the molecule is COc1cc(-c2c(C)c(-c3cnn(C)c3)nc(N)c2C#N)cc(Cl)c1O. The number of anilines is 1. The van der Waals surface area contributed by atoms with Crippen LogP contribution >= 0.6 is 11.6 Å². The van der Waals surface area contributed by atoms with E-state index < -0.39 is 0 Å². The molecule has 0 aliphatic rings. The van der Waals surface area contributed by atoms with Crippen molar-refractivity contribution in [3.63, 3.8) is 0 Å². The average molecular weight is 370 g/mol. The van der Waals surface area contributed by atoms with Gasteiger partial charge in [-0.05, 0) is 30.2 Å². The molecule has 2 aromatic heterocycles. The number of nitrogens with two attached hydrogens (primary N) is 1. The largest absolute Gasteiger partial charge is 0.503 e. The van der Waals surface area contributed by atoms with Crippen LogP contribution < -0.4 is 10.5 Å². The number of hydrogen-bond acceptors (Lipinski definition) is 6. The van der Waals surface area contributed by atoms with Gasteiger partial charge >= 0.3 is 0 Å². The van der Waals surface area contributed by atoms with Crippen LogP contribution in [-0.2, 0) is 7.05 Å². The molecule has 0 aliphatic carbocycles. The van der Waals surface area contributed by atoms with Crippen LogP contribution in [-0.4, -0.2) is 27.0 Å². The molecule has 132 valence electrons. The summed E-state index contributed by atoms with van der Waals surface area (Å²) in [5.74, 6) is 0.146.